The van der Waals surface area contributed by atoms with E-state index in [1.165, 1.54) is 0 Å². The van der Waals surface area contributed by atoms with Crippen molar-refractivity contribution >= 4 is 22.9 Å². The van der Waals surface area contributed by atoms with Crippen molar-refractivity contribution in [1.29, 1.82) is 0 Å². The Balaban J connectivity index is 2.10. The molecule has 0 bridgehead atoms. The Labute approximate surface area is 116 Å². The van der Waals surface area contributed by atoms with Gasteiger partial charge in [-0.25, -0.2) is 13.8 Å². The third kappa shape index (κ3) is 1.89. The van der Waals surface area contributed by atoms with E-state index in [1.807, 2.05) is 0 Å². The molecule has 4 atom stereocenters. The van der Waals surface area contributed by atoms with Crippen LogP contribution in [0.5, 0.6) is 0 Å². The summed E-state index contributed by atoms with van der Waals surface area (Å²) in [7, 11) is 0. The zero-order valence-electron chi connectivity index (χ0n) is 10.5. The number of alkyl halides is 2. The lowest BCUT2D eigenvalue weighted by Crippen LogP contribution is -2.39. The van der Waals surface area contributed by atoms with Crippen LogP contribution in [-0.4, -0.2) is 54.5 Å². The van der Waals surface area contributed by atoms with E-state index in [1.54, 1.807) is 0 Å². The molecule has 1 fully saturated rings. The quantitative estimate of drug-likeness (QED) is 0.545. The van der Waals surface area contributed by atoms with Crippen molar-refractivity contribution in [3.05, 3.63) is 6.33 Å². The molecule has 0 saturated carbocycles. The van der Waals surface area contributed by atoms with E-state index in [-0.39, 0.29) is 22.9 Å². The summed E-state index contributed by atoms with van der Waals surface area (Å²) in [6, 6.07) is 0. The Morgan fingerprint density at radius 2 is 2.14 bits per heavy atom. The molecule has 0 amide bonds. The maximum absolute atomic E-state index is 14.0. The number of imidazole rings is 1. The molecule has 3 rings (SSSR count). The smallest absolute Gasteiger partial charge is 0.268 e. The maximum Gasteiger partial charge on any atom is 0.268 e. The second-order valence-electron chi connectivity index (χ2n) is 4.64. The van der Waals surface area contributed by atoms with Crippen molar-refractivity contribution in [1.82, 2.24) is 19.5 Å². The Morgan fingerprint density at radius 3 is 2.76 bits per heavy atom. The van der Waals surface area contributed by atoms with Crippen molar-refractivity contribution in [2.75, 3.05) is 18.1 Å². The molecule has 0 aromatic carbocycles. The molecule has 2 aromatic rings. The van der Waals surface area contributed by atoms with Crippen LogP contribution in [0.15, 0.2) is 6.33 Å². The number of halogens is 2. The van der Waals surface area contributed by atoms with Gasteiger partial charge in [0, 0.05) is 0 Å². The molecule has 2 aromatic heterocycles. The van der Waals surface area contributed by atoms with Crippen LogP contribution in [0.4, 0.5) is 20.5 Å². The van der Waals surface area contributed by atoms with E-state index >= 15 is 0 Å². The van der Waals surface area contributed by atoms with Crippen molar-refractivity contribution in [2.24, 2.45) is 0 Å². The average molecular weight is 302 g/mol. The molecular weight excluding hydrogens is 290 g/mol. The van der Waals surface area contributed by atoms with Crippen LogP contribution in [0.2, 0.25) is 0 Å². The van der Waals surface area contributed by atoms with Gasteiger partial charge in [0.05, 0.1) is 6.33 Å². The molecule has 1 aliphatic heterocycles. The number of ether oxygens (including phenoxy) is 1. The standard InChI is InChI=1S/C10H12F2N6O3/c11-5-4(20)8(21-10(5,12)1-19)18-2-15-3-6(13)16-9(14)17-7(3)18/h2,4-5,8,19-20H,1H2,(H4,13,14,16,17)/t4-,5+,8-,10-/m1/s1. The van der Waals surface area contributed by atoms with Crippen LogP contribution in [-0.2, 0) is 4.74 Å². The van der Waals surface area contributed by atoms with E-state index in [0.717, 1.165) is 10.9 Å². The van der Waals surface area contributed by atoms with Crippen molar-refractivity contribution in [2.45, 2.75) is 24.4 Å². The molecule has 1 aliphatic rings. The average Bonchev–Trinajstić information content (AvgIpc) is 2.95. The fourth-order valence-electron chi connectivity index (χ4n) is 2.22. The number of rotatable bonds is 2. The van der Waals surface area contributed by atoms with E-state index in [9.17, 15) is 13.9 Å². The van der Waals surface area contributed by atoms with Gasteiger partial charge in [-0.15, -0.1) is 0 Å². The summed E-state index contributed by atoms with van der Waals surface area (Å²) in [4.78, 5) is 11.5. The number of anilines is 2. The van der Waals surface area contributed by atoms with Gasteiger partial charge in [-0.2, -0.15) is 9.97 Å². The largest absolute Gasteiger partial charge is 0.390 e. The van der Waals surface area contributed by atoms with Crippen LogP contribution >= 0.6 is 0 Å². The summed E-state index contributed by atoms with van der Waals surface area (Å²) in [5.74, 6) is -3.20. The second kappa shape index (κ2) is 4.44. The molecule has 0 unspecified atom stereocenters. The van der Waals surface area contributed by atoms with Gasteiger partial charge in [0.25, 0.3) is 5.85 Å². The maximum atomic E-state index is 14.0. The topological polar surface area (TPSA) is 145 Å². The van der Waals surface area contributed by atoms with Crippen molar-refractivity contribution in [3.8, 4) is 0 Å². The second-order valence-corrected chi connectivity index (χ2v) is 4.64. The number of hydrogen-bond acceptors (Lipinski definition) is 8. The predicted molar refractivity (Wildman–Crippen MR) is 66.1 cm³/mol. The Hall–Kier alpha value is -2.11. The minimum Gasteiger partial charge on any atom is -0.390 e. The summed E-state index contributed by atoms with van der Waals surface area (Å²) in [5, 5.41) is 18.7. The van der Waals surface area contributed by atoms with Crippen LogP contribution in [0.25, 0.3) is 11.2 Å². The molecule has 21 heavy (non-hydrogen) atoms. The number of aliphatic hydroxyl groups is 2. The number of nitrogens with two attached hydrogens (primary N) is 2. The highest BCUT2D eigenvalue weighted by atomic mass is 19.2. The first-order valence-electron chi connectivity index (χ1n) is 5.92. The molecule has 6 N–H and O–H groups in total. The van der Waals surface area contributed by atoms with Crippen molar-refractivity contribution in [3.63, 3.8) is 0 Å². The number of aliphatic hydroxyl groups excluding tert-OH is 2. The minimum atomic E-state index is -3.01. The molecular formula is C10H12F2N6O3. The molecule has 0 aliphatic carbocycles. The van der Waals surface area contributed by atoms with Gasteiger partial charge >= 0.3 is 0 Å². The first kappa shape index (κ1) is 13.9. The highest BCUT2D eigenvalue weighted by molar-refractivity contribution is 5.82. The summed E-state index contributed by atoms with van der Waals surface area (Å²) < 4.78 is 33.6. The Morgan fingerprint density at radius 1 is 1.43 bits per heavy atom. The summed E-state index contributed by atoms with van der Waals surface area (Å²) >= 11 is 0. The van der Waals surface area contributed by atoms with Gasteiger partial charge < -0.3 is 26.4 Å². The van der Waals surface area contributed by atoms with Crippen molar-refractivity contribution < 1.29 is 23.7 Å². The van der Waals surface area contributed by atoms with Crippen LogP contribution < -0.4 is 11.5 Å². The van der Waals surface area contributed by atoms with E-state index in [4.69, 9.17) is 21.3 Å². The Bertz CT molecular complexity index is 697. The van der Waals surface area contributed by atoms with E-state index < -0.39 is 31.0 Å². The molecule has 9 nitrogen and oxygen atoms in total. The lowest BCUT2D eigenvalue weighted by molar-refractivity contribution is -0.195. The lowest BCUT2D eigenvalue weighted by atomic mass is 10.1. The third-order valence-corrected chi connectivity index (χ3v) is 3.28. The van der Waals surface area contributed by atoms with Gasteiger partial charge in [0.2, 0.25) is 5.95 Å². The number of nitrogens with zero attached hydrogens (tertiary/aromatic N) is 4. The highest BCUT2D eigenvalue weighted by Crippen LogP contribution is 2.41. The first-order valence-corrected chi connectivity index (χ1v) is 5.92. The molecule has 0 spiro atoms. The Kier molecular flexibility index (Phi) is 2.93. The highest BCUT2D eigenvalue weighted by Gasteiger charge is 2.57. The number of hydrogen-bond donors (Lipinski definition) is 4. The molecule has 114 valence electrons. The monoisotopic (exact) mass is 302 g/mol. The summed E-state index contributed by atoms with van der Waals surface area (Å²) in [6.45, 7) is -1.24. The predicted octanol–water partition coefficient (Wildman–Crippen LogP) is -1.12. The third-order valence-electron chi connectivity index (χ3n) is 3.28. The summed E-state index contributed by atoms with van der Waals surface area (Å²) in [5.41, 5.74) is 11.3. The van der Waals surface area contributed by atoms with Gasteiger partial charge in [0.15, 0.2) is 23.9 Å². The molecule has 3 heterocycles. The van der Waals surface area contributed by atoms with Gasteiger partial charge in [-0.05, 0) is 0 Å². The zero-order valence-corrected chi connectivity index (χ0v) is 10.5. The fourth-order valence-corrected chi connectivity index (χ4v) is 2.22. The van der Waals surface area contributed by atoms with E-state index in [0.29, 0.717) is 0 Å². The van der Waals surface area contributed by atoms with Gasteiger partial charge in [0.1, 0.15) is 18.2 Å². The number of nitrogen functional groups attached to an aromatic ring is 2. The van der Waals surface area contributed by atoms with E-state index in [2.05, 4.69) is 15.0 Å². The van der Waals surface area contributed by atoms with Gasteiger partial charge in [-0.1, -0.05) is 0 Å². The minimum absolute atomic E-state index is 0.0193. The summed E-state index contributed by atoms with van der Waals surface area (Å²) in [6.07, 6.45) is -4.63. The number of aromatic nitrogens is 4. The fraction of sp³-hybridized carbons (Fsp3) is 0.500. The first-order chi connectivity index (χ1) is 9.87. The SMILES string of the molecule is Nc1nc(N)c2ncn([C@@H]3O[C@](F)(CO)[C@@H](F)[C@H]3O)c2n1. The zero-order chi connectivity index (χ0) is 15.4. The lowest BCUT2D eigenvalue weighted by Gasteiger charge is -2.18. The van der Waals surface area contributed by atoms with Crippen LogP contribution in [0.1, 0.15) is 6.23 Å². The van der Waals surface area contributed by atoms with Gasteiger partial charge in [-0.3, -0.25) is 4.57 Å². The normalized spacial score (nSPS) is 32.9. The molecule has 1 saturated heterocycles. The molecule has 0 radical (unpaired) electrons. The van der Waals surface area contributed by atoms with Crippen LogP contribution in [0, 0.1) is 0 Å². The van der Waals surface area contributed by atoms with Crippen LogP contribution in [0.3, 0.4) is 0 Å². The number of fused-ring (bicyclic) bond motifs is 1. The molecule has 11 heteroatoms.